The van der Waals surface area contributed by atoms with Gasteiger partial charge in [-0.1, -0.05) is 19.4 Å². The molecule has 1 amide bonds. The fourth-order valence-electron chi connectivity index (χ4n) is 2.55. The van der Waals surface area contributed by atoms with Gasteiger partial charge < -0.3 is 14.5 Å². The molecule has 130 valence electrons. The SMILES string of the molecule is CCCCOc1ccc(C(=O)NCCc2cn3ccccc3n2)cc1. The first-order valence-electron chi connectivity index (χ1n) is 8.70. The number of fused-ring (bicyclic) bond motifs is 1. The van der Waals surface area contributed by atoms with Gasteiger partial charge in [0.05, 0.1) is 12.3 Å². The number of pyridine rings is 1. The fourth-order valence-corrected chi connectivity index (χ4v) is 2.55. The Labute approximate surface area is 147 Å². The van der Waals surface area contributed by atoms with Gasteiger partial charge in [0, 0.05) is 30.9 Å². The number of carbonyl (C=O) groups is 1. The van der Waals surface area contributed by atoms with E-state index >= 15 is 0 Å². The van der Waals surface area contributed by atoms with Gasteiger partial charge in [-0.2, -0.15) is 0 Å². The molecule has 0 saturated heterocycles. The maximum atomic E-state index is 12.2. The zero-order valence-electron chi connectivity index (χ0n) is 14.4. The Hall–Kier alpha value is -2.82. The van der Waals surface area contributed by atoms with Crippen LogP contribution < -0.4 is 10.1 Å². The van der Waals surface area contributed by atoms with Crippen LogP contribution >= 0.6 is 0 Å². The minimum Gasteiger partial charge on any atom is -0.494 e. The van der Waals surface area contributed by atoms with Crippen LogP contribution in [0.4, 0.5) is 0 Å². The van der Waals surface area contributed by atoms with Crippen molar-refractivity contribution in [3.05, 3.63) is 66.1 Å². The van der Waals surface area contributed by atoms with Gasteiger partial charge in [0.25, 0.3) is 5.91 Å². The van der Waals surface area contributed by atoms with E-state index in [1.54, 1.807) is 12.1 Å². The van der Waals surface area contributed by atoms with Crippen LogP contribution in [0.2, 0.25) is 0 Å². The van der Waals surface area contributed by atoms with Crippen molar-refractivity contribution in [3.63, 3.8) is 0 Å². The molecule has 1 aromatic carbocycles. The Kier molecular flexibility index (Phi) is 5.67. The number of amides is 1. The summed E-state index contributed by atoms with van der Waals surface area (Å²) in [5.74, 6) is 0.721. The lowest BCUT2D eigenvalue weighted by Gasteiger charge is -2.07. The largest absolute Gasteiger partial charge is 0.494 e. The molecule has 5 heteroatoms. The summed E-state index contributed by atoms with van der Waals surface area (Å²) in [5, 5.41) is 2.93. The quantitative estimate of drug-likeness (QED) is 0.640. The van der Waals surface area contributed by atoms with Crippen LogP contribution in [0.3, 0.4) is 0 Å². The average Bonchev–Trinajstić information content (AvgIpc) is 3.05. The molecule has 0 unspecified atom stereocenters. The van der Waals surface area contributed by atoms with Crippen LogP contribution in [-0.2, 0) is 6.42 Å². The summed E-state index contributed by atoms with van der Waals surface area (Å²) < 4.78 is 7.59. The lowest BCUT2D eigenvalue weighted by Crippen LogP contribution is -2.25. The molecule has 1 N–H and O–H groups in total. The predicted octanol–water partition coefficient (Wildman–Crippen LogP) is 3.49. The summed E-state index contributed by atoms with van der Waals surface area (Å²) in [7, 11) is 0. The Morgan fingerprint density at radius 2 is 2.04 bits per heavy atom. The monoisotopic (exact) mass is 337 g/mol. The molecule has 0 saturated carbocycles. The molecule has 3 aromatic rings. The van der Waals surface area contributed by atoms with Gasteiger partial charge in [-0.25, -0.2) is 4.98 Å². The number of hydrogen-bond acceptors (Lipinski definition) is 3. The van der Waals surface area contributed by atoms with Gasteiger partial charge in [-0.3, -0.25) is 4.79 Å². The first kappa shape index (κ1) is 17.0. The van der Waals surface area contributed by atoms with Gasteiger partial charge in [0.2, 0.25) is 0 Å². The second-order valence-corrected chi connectivity index (χ2v) is 5.93. The zero-order chi connectivity index (χ0) is 17.5. The minimum absolute atomic E-state index is 0.0797. The Balaban J connectivity index is 1.48. The number of aromatic nitrogens is 2. The van der Waals surface area contributed by atoms with Crippen LogP contribution in [0.5, 0.6) is 5.75 Å². The lowest BCUT2D eigenvalue weighted by molar-refractivity contribution is 0.0954. The van der Waals surface area contributed by atoms with Crippen molar-refractivity contribution in [1.29, 1.82) is 0 Å². The molecular weight excluding hydrogens is 314 g/mol. The van der Waals surface area contributed by atoms with Crippen LogP contribution in [0, 0.1) is 0 Å². The van der Waals surface area contributed by atoms with Gasteiger partial charge >= 0.3 is 0 Å². The van der Waals surface area contributed by atoms with Crippen molar-refractivity contribution in [1.82, 2.24) is 14.7 Å². The summed E-state index contributed by atoms with van der Waals surface area (Å²) in [5.41, 5.74) is 2.52. The lowest BCUT2D eigenvalue weighted by atomic mass is 10.2. The second-order valence-electron chi connectivity index (χ2n) is 5.93. The highest BCUT2D eigenvalue weighted by molar-refractivity contribution is 5.94. The molecule has 0 aliphatic heterocycles. The number of imidazole rings is 1. The summed E-state index contributed by atoms with van der Waals surface area (Å²) >= 11 is 0. The first-order valence-corrected chi connectivity index (χ1v) is 8.70. The van der Waals surface area contributed by atoms with E-state index in [1.165, 1.54) is 0 Å². The first-order chi connectivity index (χ1) is 12.3. The maximum Gasteiger partial charge on any atom is 0.251 e. The molecule has 0 radical (unpaired) electrons. The van der Waals surface area contributed by atoms with E-state index < -0.39 is 0 Å². The molecule has 2 aromatic heterocycles. The van der Waals surface area contributed by atoms with Crippen molar-refractivity contribution >= 4 is 11.6 Å². The molecule has 5 nitrogen and oxygen atoms in total. The summed E-state index contributed by atoms with van der Waals surface area (Å²) in [6.45, 7) is 3.39. The standard InChI is InChI=1S/C20H23N3O2/c1-2-3-14-25-18-9-7-16(8-10-18)20(24)21-12-11-17-15-23-13-5-4-6-19(23)22-17/h4-10,13,15H,2-3,11-12,14H2,1H3,(H,21,24). The molecule has 2 heterocycles. The smallest absolute Gasteiger partial charge is 0.251 e. The Morgan fingerprint density at radius 3 is 2.80 bits per heavy atom. The number of hydrogen-bond donors (Lipinski definition) is 1. The second kappa shape index (κ2) is 8.33. The van der Waals surface area contributed by atoms with Crippen molar-refractivity contribution in [2.24, 2.45) is 0 Å². The third kappa shape index (κ3) is 4.59. The highest BCUT2D eigenvalue weighted by Gasteiger charge is 2.06. The summed E-state index contributed by atoms with van der Waals surface area (Å²) in [4.78, 5) is 16.7. The van der Waals surface area contributed by atoms with Gasteiger partial charge in [0.1, 0.15) is 11.4 Å². The molecular formula is C20H23N3O2. The number of carbonyl (C=O) groups excluding carboxylic acids is 1. The van der Waals surface area contributed by atoms with Crippen molar-refractivity contribution in [2.75, 3.05) is 13.2 Å². The van der Waals surface area contributed by atoms with E-state index in [0.717, 1.165) is 29.9 Å². The number of ether oxygens (including phenoxy) is 1. The Bertz CT molecular complexity index is 791. The zero-order valence-corrected chi connectivity index (χ0v) is 14.4. The van der Waals surface area contributed by atoms with E-state index in [-0.39, 0.29) is 5.91 Å². The van der Waals surface area contributed by atoms with Gasteiger partial charge in [-0.15, -0.1) is 0 Å². The molecule has 0 aliphatic carbocycles. The molecule has 0 bridgehead atoms. The van der Waals surface area contributed by atoms with E-state index in [2.05, 4.69) is 17.2 Å². The summed E-state index contributed by atoms with van der Waals surface area (Å²) in [6, 6.07) is 13.2. The average molecular weight is 337 g/mol. The molecule has 0 fully saturated rings. The molecule has 25 heavy (non-hydrogen) atoms. The van der Waals surface area contributed by atoms with Crippen molar-refractivity contribution < 1.29 is 9.53 Å². The van der Waals surface area contributed by atoms with Crippen LogP contribution in [0.1, 0.15) is 35.8 Å². The van der Waals surface area contributed by atoms with E-state index in [1.807, 2.05) is 47.1 Å². The molecule has 0 atom stereocenters. The van der Waals surface area contributed by atoms with E-state index in [0.29, 0.717) is 25.1 Å². The van der Waals surface area contributed by atoms with Gasteiger partial charge in [0.15, 0.2) is 0 Å². The highest BCUT2D eigenvalue weighted by atomic mass is 16.5. The van der Waals surface area contributed by atoms with Crippen LogP contribution in [0.15, 0.2) is 54.9 Å². The molecule has 0 aliphatic rings. The number of nitrogens with one attached hydrogen (secondary N) is 1. The van der Waals surface area contributed by atoms with E-state index in [9.17, 15) is 4.79 Å². The highest BCUT2D eigenvalue weighted by Crippen LogP contribution is 2.13. The number of rotatable bonds is 8. The fraction of sp³-hybridized carbons (Fsp3) is 0.300. The number of unbranched alkanes of at least 4 members (excludes halogenated alkanes) is 1. The minimum atomic E-state index is -0.0797. The summed E-state index contributed by atoms with van der Waals surface area (Å²) in [6.07, 6.45) is 6.79. The van der Waals surface area contributed by atoms with Crippen LogP contribution in [-0.4, -0.2) is 28.4 Å². The predicted molar refractivity (Wildman–Crippen MR) is 98.1 cm³/mol. The van der Waals surface area contributed by atoms with Gasteiger partial charge in [-0.05, 0) is 42.8 Å². The molecule has 0 spiro atoms. The van der Waals surface area contributed by atoms with Crippen LogP contribution in [0.25, 0.3) is 5.65 Å². The van der Waals surface area contributed by atoms with Crippen molar-refractivity contribution in [2.45, 2.75) is 26.2 Å². The number of nitrogens with zero attached hydrogens (tertiary/aromatic N) is 2. The molecule has 3 rings (SSSR count). The van der Waals surface area contributed by atoms with Crippen molar-refractivity contribution in [3.8, 4) is 5.75 Å². The third-order valence-corrected chi connectivity index (χ3v) is 3.96. The normalized spacial score (nSPS) is 10.8. The maximum absolute atomic E-state index is 12.2. The number of benzene rings is 1. The third-order valence-electron chi connectivity index (χ3n) is 3.96. The Morgan fingerprint density at radius 1 is 1.20 bits per heavy atom. The topological polar surface area (TPSA) is 55.6 Å². The van der Waals surface area contributed by atoms with E-state index in [4.69, 9.17) is 4.74 Å².